The number of nitrogens with one attached hydrogen (secondary N) is 2. The lowest BCUT2D eigenvalue weighted by atomic mass is 10.4. The lowest BCUT2D eigenvalue weighted by molar-refractivity contribution is 0.102. The van der Waals surface area contributed by atoms with Crippen LogP contribution in [-0.4, -0.2) is 32.2 Å². The van der Waals surface area contributed by atoms with E-state index >= 15 is 0 Å². The fourth-order valence-electron chi connectivity index (χ4n) is 1.82. The van der Waals surface area contributed by atoms with Gasteiger partial charge in [-0.3, -0.25) is 9.78 Å². The zero-order chi connectivity index (χ0) is 15.2. The standard InChI is InChI=1S/C14H20N6O/c1-4-6-16-12-9-15-8-11(18-12)14(21)19-13-5-7-17-20(13)10(2)3/h5,7-10H,4,6H2,1-3H3,(H,16,18)(H,19,21). The van der Waals surface area contributed by atoms with Gasteiger partial charge in [0.2, 0.25) is 0 Å². The fourth-order valence-corrected chi connectivity index (χ4v) is 1.82. The van der Waals surface area contributed by atoms with Gasteiger partial charge >= 0.3 is 0 Å². The molecule has 7 heteroatoms. The molecule has 1 amide bonds. The van der Waals surface area contributed by atoms with Crippen molar-refractivity contribution in [1.82, 2.24) is 19.7 Å². The molecule has 0 unspecified atom stereocenters. The van der Waals surface area contributed by atoms with Crippen molar-refractivity contribution in [2.75, 3.05) is 17.2 Å². The Morgan fingerprint density at radius 1 is 1.38 bits per heavy atom. The Bertz CT molecular complexity index is 607. The van der Waals surface area contributed by atoms with E-state index in [1.807, 2.05) is 13.8 Å². The Balaban J connectivity index is 2.11. The summed E-state index contributed by atoms with van der Waals surface area (Å²) in [5.74, 6) is 0.940. The van der Waals surface area contributed by atoms with Crippen LogP contribution < -0.4 is 10.6 Å². The van der Waals surface area contributed by atoms with Crippen LogP contribution >= 0.6 is 0 Å². The predicted octanol–water partition coefficient (Wildman–Crippen LogP) is 2.33. The van der Waals surface area contributed by atoms with Gasteiger partial charge in [0.15, 0.2) is 0 Å². The third kappa shape index (κ3) is 3.77. The average Bonchev–Trinajstić information content (AvgIpc) is 2.93. The van der Waals surface area contributed by atoms with Gasteiger partial charge in [-0.05, 0) is 20.3 Å². The number of nitrogens with zero attached hydrogens (tertiary/aromatic N) is 4. The molecule has 0 saturated carbocycles. The van der Waals surface area contributed by atoms with Gasteiger partial charge in [-0.25, -0.2) is 9.67 Å². The number of carbonyl (C=O) groups is 1. The van der Waals surface area contributed by atoms with Gasteiger partial charge in [0.25, 0.3) is 5.91 Å². The van der Waals surface area contributed by atoms with E-state index in [0.29, 0.717) is 11.6 Å². The highest BCUT2D eigenvalue weighted by Crippen LogP contribution is 2.14. The molecular weight excluding hydrogens is 268 g/mol. The zero-order valence-electron chi connectivity index (χ0n) is 12.5. The second-order valence-electron chi connectivity index (χ2n) is 4.93. The minimum atomic E-state index is -0.301. The minimum absolute atomic E-state index is 0.166. The molecule has 7 nitrogen and oxygen atoms in total. The van der Waals surface area contributed by atoms with Gasteiger partial charge in [-0.2, -0.15) is 5.10 Å². The molecule has 0 saturated heterocycles. The quantitative estimate of drug-likeness (QED) is 0.852. The molecule has 2 rings (SSSR count). The average molecular weight is 288 g/mol. The highest BCUT2D eigenvalue weighted by atomic mass is 16.2. The summed E-state index contributed by atoms with van der Waals surface area (Å²) in [4.78, 5) is 20.5. The first-order chi connectivity index (χ1) is 10.1. The van der Waals surface area contributed by atoms with E-state index < -0.39 is 0 Å². The summed E-state index contributed by atoms with van der Waals surface area (Å²) < 4.78 is 1.74. The van der Waals surface area contributed by atoms with Crippen LogP contribution in [0.5, 0.6) is 0 Å². The number of rotatable bonds is 6. The van der Waals surface area contributed by atoms with Gasteiger partial charge in [0.1, 0.15) is 17.3 Å². The second-order valence-corrected chi connectivity index (χ2v) is 4.93. The van der Waals surface area contributed by atoms with E-state index in [2.05, 4.69) is 32.6 Å². The summed E-state index contributed by atoms with van der Waals surface area (Å²) in [6.07, 6.45) is 5.68. The van der Waals surface area contributed by atoms with Crippen molar-refractivity contribution in [1.29, 1.82) is 0 Å². The molecule has 0 spiro atoms. The van der Waals surface area contributed by atoms with E-state index in [-0.39, 0.29) is 17.6 Å². The van der Waals surface area contributed by atoms with Crippen LogP contribution in [0.2, 0.25) is 0 Å². The molecule has 0 atom stereocenters. The molecule has 0 fully saturated rings. The van der Waals surface area contributed by atoms with Crippen LogP contribution in [0.4, 0.5) is 11.6 Å². The van der Waals surface area contributed by atoms with Crippen LogP contribution in [0.1, 0.15) is 43.7 Å². The van der Waals surface area contributed by atoms with Crippen LogP contribution in [0, 0.1) is 0 Å². The topological polar surface area (TPSA) is 84.7 Å². The SMILES string of the molecule is CCCNc1cncc(C(=O)Nc2ccnn2C(C)C)n1. The highest BCUT2D eigenvalue weighted by molar-refractivity contribution is 6.02. The highest BCUT2D eigenvalue weighted by Gasteiger charge is 2.13. The van der Waals surface area contributed by atoms with Crippen LogP contribution in [0.15, 0.2) is 24.7 Å². The molecule has 0 radical (unpaired) electrons. The fraction of sp³-hybridized carbons (Fsp3) is 0.429. The Hall–Kier alpha value is -2.44. The van der Waals surface area contributed by atoms with Crippen molar-refractivity contribution in [3.8, 4) is 0 Å². The molecule has 2 N–H and O–H groups in total. The number of carbonyl (C=O) groups excluding carboxylic acids is 1. The molecule has 0 aliphatic heterocycles. The monoisotopic (exact) mass is 288 g/mol. The van der Waals surface area contributed by atoms with E-state index in [4.69, 9.17) is 0 Å². The Morgan fingerprint density at radius 3 is 2.90 bits per heavy atom. The van der Waals surface area contributed by atoms with E-state index in [1.54, 1.807) is 23.1 Å². The van der Waals surface area contributed by atoms with Crippen LogP contribution in [-0.2, 0) is 0 Å². The van der Waals surface area contributed by atoms with E-state index in [0.717, 1.165) is 13.0 Å². The zero-order valence-corrected chi connectivity index (χ0v) is 12.5. The van der Waals surface area contributed by atoms with Crippen LogP contribution in [0.3, 0.4) is 0 Å². The second kappa shape index (κ2) is 6.83. The van der Waals surface area contributed by atoms with Crippen molar-refractivity contribution >= 4 is 17.5 Å². The van der Waals surface area contributed by atoms with Gasteiger partial charge in [0.05, 0.1) is 18.6 Å². The largest absolute Gasteiger partial charge is 0.369 e. The molecule has 0 aliphatic rings. The molecule has 112 valence electrons. The Kier molecular flexibility index (Phi) is 4.86. The number of anilines is 2. The first-order valence-electron chi connectivity index (χ1n) is 7.02. The maximum atomic E-state index is 12.2. The van der Waals surface area contributed by atoms with Crippen molar-refractivity contribution in [3.63, 3.8) is 0 Å². The molecule has 0 bridgehead atoms. The summed E-state index contributed by atoms with van der Waals surface area (Å²) in [6.45, 7) is 6.85. The lowest BCUT2D eigenvalue weighted by Crippen LogP contribution is -2.18. The number of hydrogen-bond donors (Lipinski definition) is 2. The Morgan fingerprint density at radius 2 is 2.19 bits per heavy atom. The normalized spacial score (nSPS) is 10.7. The maximum absolute atomic E-state index is 12.2. The van der Waals surface area contributed by atoms with Gasteiger partial charge in [-0.1, -0.05) is 6.92 Å². The molecule has 2 aromatic rings. The molecular formula is C14H20N6O. The van der Waals surface area contributed by atoms with Crippen molar-refractivity contribution in [3.05, 3.63) is 30.4 Å². The summed E-state index contributed by atoms with van der Waals surface area (Å²) in [5.41, 5.74) is 0.271. The number of amides is 1. The third-order valence-corrected chi connectivity index (χ3v) is 2.82. The van der Waals surface area contributed by atoms with Crippen molar-refractivity contribution in [2.45, 2.75) is 33.2 Å². The predicted molar refractivity (Wildman–Crippen MR) is 81.4 cm³/mol. The summed E-state index contributed by atoms with van der Waals surface area (Å²) in [5, 5.41) is 10.1. The first kappa shape index (κ1) is 15.0. The molecule has 0 aromatic carbocycles. The summed E-state index contributed by atoms with van der Waals surface area (Å²) >= 11 is 0. The number of aromatic nitrogens is 4. The van der Waals surface area contributed by atoms with Gasteiger partial charge in [-0.15, -0.1) is 0 Å². The molecule has 21 heavy (non-hydrogen) atoms. The van der Waals surface area contributed by atoms with E-state index in [1.165, 1.54) is 6.20 Å². The maximum Gasteiger partial charge on any atom is 0.277 e. The third-order valence-electron chi connectivity index (χ3n) is 2.82. The van der Waals surface area contributed by atoms with Crippen molar-refractivity contribution < 1.29 is 4.79 Å². The first-order valence-corrected chi connectivity index (χ1v) is 7.02. The smallest absolute Gasteiger partial charge is 0.277 e. The molecule has 2 aromatic heterocycles. The van der Waals surface area contributed by atoms with E-state index in [9.17, 15) is 4.79 Å². The van der Waals surface area contributed by atoms with Crippen LogP contribution in [0.25, 0.3) is 0 Å². The summed E-state index contributed by atoms with van der Waals surface area (Å²) in [7, 11) is 0. The van der Waals surface area contributed by atoms with Gasteiger partial charge < -0.3 is 10.6 Å². The van der Waals surface area contributed by atoms with Crippen molar-refractivity contribution in [2.24, 2.45) is 0 Å². The Labute approximate surface area is 123 Å². The minimum Gasteiger partial charge on any atom is -0.369 e. The number of hydrogen-bond acceptors (Lipinski definition) is 5. The lowest BCUT2D eigenvalue weighted by Gasteiger charge is -2.11. The molecule has 2 heterocycles. The van der Waals surface area contributed by atoms with Gasteiger partial charge in [0, 0.05) is 18.7 Å². The molecule has 0 aliphatic carbocycles. The summed E-state index contributed by atoms with van der Waals surface area (Å²) in [6, 6.07) is 1.92.